The highest BCUT2D eigenvalue weighted by molar-refractivity contribution is 8.00. The fourth-order valence-electron chi connectivity index (χ4n) is 4.87. The Hall–Kier alpha value is -4.29. The van der Waals surface area contributed by atoms with Crippen molar-refractivity contribution >= 4 is 47.0 Å². The van der Waals surface area contributed by atoms with Crippen molar-refractivity contribution in [3.8, 4) is 0 Å². The van der Waals surface area contributed by atoms with E-state index in [9.17, 15) is 19.2 Å². The molecule has 5 rings (SSSR count). The number of thiophene rings is 1. The minimum atomic E-state index is -1.08. The number of alkyl carbamates (subject to hydrolysis) is 1. The Morgan fingerprint density at radius 2 is 1.59 bits per heavy atom. The number of nitrogens with zero attached hydrogens (tertiary/aromatic N) is 1. The van der Waals surface area contributed by atoms with E-state index < -0.39 is 53.0 Å². The summed E-state index contributed by atoms with van der Waals surface area (Å²) >= 11 is 2.64. The molecule has 0 saturated carbocycles. The maximum absolute atomic E-state index is 13.8. The fourth-order valence-corrected chi connectivity index (χ4v) is 6.95. The first kappa shape index (κ1) is 31.1. The second kappa shape index (κ2) is 13.1. The number of methoxy groups -OCH3 is 1. The number of amides is 3. The first-order valence-corrected chi connectivity index (χ1v) is 15.9. The Balaban J connectivity index is 1.34. The molecule has 0 radical (unpaired) electrons. The molecule has 2 N–H and O–H groups in total. The zero-order chi connectivity index (χ0) is 31.4. The van der Waals surface area contributed by atoms with Gasteiger partial charge in [-0.3, -0.25) is 14.5 Å². The van der Waals surface area contributed by atoms with Crippen molar-refractivity contribution in [2.45, 2.75) is 49.9 Å². The lowest BCUT2D eigenvalue weighted by atomic mass is 10.0. The van der Waals surface area contributed by atoms with Gasteiger partial charge >= 0.3 is 12.1 Å². The number of fused-ring (bicyclic) bond motifs is 1. The molecule has 3 amide bonds. The van der Waals surface area contributed by atoms with E-state index in [1.54, 1.807) is 38.3 Å². The van der Waals surface area contributed by atoms with Crippen molar-refractivity contribution in [2.24, 2.45) is 0 Å². The van der Waals surface area contributed by atoms with Crippen LogP contribution in [0.2, 0.25) is 0 Å². The number of hydrogen-bond donors (Lipinski definition) is 2. The summed E-state index contributed by atoms with van der Waals surface area (Å²) in [4.78, 5) is 55.2. The van der Waals surface area contributed by atoms with E-state index in [4.69, 9.17) is 14.2 Å². The van der Waals surface area contributed by atoms with Gasteiger partial charge in [-0.05, 0) is 43.3 Å². The molecule has 3 aromatic rings. The van der Waals surface area contributed by atoms with Crippen LogP contribution in [0.1, 0.15) is 48.9 Å². The normalized spacial score (nSPS) is 18.6. The van der Waals surface area contributed by atoms with Crippen LogP contribution in [-0.4, -0.2) is 58.7 Å². The molecule has 230 valence electrons. The van der Waals surface area contributed by atoms with Crippen molar-refractivity contribution < 1.29 is 33.4 Å². The van der Waals surface area contributed by atoms with Crippen molar-refractivity contribution in [1.29, 1.82) is 0 Å². The number of nitrogens with one attached hydrogen (secondary N) is 2. The van der Waals surface area contributed by atoms with Crippen LogP contribution in [0, 0.1) is 0 Å². The number of β-lactam (4-membered cyclic amide) rings is 1. The zero-order valence-electron chi connectivity index (χ0n) is 24.6. The van der Waals surface area contributed by atoms with Gasteiger partial charge in [0.1, 0.15) is 28.8 Å². The number of esters is 1. The maximum Gasteiger partial charge on any atom is 0.408 e. The summed E-state index contributed by atoms with van der Waals surface area (Å²) in [5.74, 6) is -1.19. The van der Waals surface area contributed by atoms with Crippen LogP contribution in [0.25, 0.3) is 0 Å². The number of rotatable bonds is 9. The zero-order valence-corrected chi connectivity index (χ0v) is 26.3. The Bertz CT molecular complexity index is 1500. The summed E-state index contributed by atoms with van der Waals surface area (Å²) in [5, 5.41) is 6.60. The largest absolute Gasteiger partial charge is 0.498 e. The Labute approximate surface area is 263 Å². The molecule has 2 aliphatic rings. The van der Waals surface area contributed by atoms with Crippen molar-refractivity contribution in [1.82, 2.24) is 15.5 Å². The van der Waals surface area contributed by atoms with Gasteiger partial charge in [0.15, 0.2) is 11.8 Å². The summed E-state index contributed by atoms with van der Waals surface area (Å²) in [7, 11) is 1.44. The lowest BCUT2D eigenvalue weighted by molar-refractivity contribution is -0.155. The van der Waals surface area contributed by atoms with E-state index in [1.165, 1.54) is 35.1 Å². The predicted molar refractivity (Wildman–Crippen MR) is 166 cm³/mol. The van der Waals surface area contributed by atoms with E-state index in [-0.39, 0.29) is 11.4 Å². The minimum Gasteiger partial charge on any atom is -0.498 e. The van der Waals surface area contributed by atoms with E-state index in [2.05, 4.69) is 10.6 Å². The van der Waals surface area contributed by atoms with Crippen molar-refractivity contribution in [2.75, 3.05) is 12.9 Å². The van der Waals surface area contributed by atoms with Crippen LogP contribution in [-0.2, 0) is 28.6 Å². The van der Waals surface area contributed by atoms with Gasteiger partial charge in [-0.15, -0.1) is 23.1 Å². The Kier molecular flexibility index (Phi) is 9.31. The van der Waals surface area contributed by atoms with E-state index >= 15 is 0 Å². The summed E-state index contributed by atoms with van der Waals surface area (Å²) in [6.07, 6.45) is -1.48. The maximum atomic E-state index is 13.8. The molecule has 1 fully saturated rings. The van der Waals surface area contributed by atoms with Crippen LogP contribution in [0.5, 0.6) is 0 Å². The third-order valence-electron chi connectivity index (χ3n) is 6.85. The molecule has 0 spiro atoms. The molecule has 1 saturated heterocycles. The van der Waals surface area contributed by atoms with E-state index in [0.29, 0.717) is 10.6 Å². The van der Waals surface area contributed by atoms with Crippen LogP contribution in [0.4, 0.5) is 4.79 Å². The molecular formula is C32H33N3O7S2. The third kappa shape index (κ3) is 6.76. The first-order valence-electron chi connectivity index (χ1n) is 13.9. The molecule has 12 heteroatoms. The molecule has 0 bridgehead atoms. The minimum absolute atomic E-state index is 0.00491. The molecule has 3 heterocycles. The van der Waals surface area contributed by atoms with Gasteiger partial charge in [0.05, 0.1) is 12.9 Å². The Morgan fingerprint density at radius 3 is 2.14 bits per heavy atom. The van der Waals surface area contributed by atoms with Gasteiger partial charge in [-0.25, -0.2) is 9.59 Å². The highest BCUT2D eigenvalue weighted by atomic mass is 32.2. The molecule has 1 aromatic heterocycles. The highest BCUT2D eigenvalue weighted by Crippen LogP contribution is 2.42. The van der Waals surface area contributed by atoms with Crippen LogP contribution < -0.4 is 10.6 Å². The summed E-state index contributed by atoms with van der Waals surface area (Å²) in [5.41, 5.74) is 0.779. The van der Waals surface area contributed by atoms with Gasteiger partial charge < -0.3 is 24.8 Å². The smallest absolute Gasteiger partial charge is 0.408 e. The third-order valence-corrected chi connectivity index (χ3v) is 9.04. The molecule has 2 aliphatic heterocycles. The lowest BCUT2D eigenvalue weighted by Gasteiger charge is -2.49. The molecule has 0 aliphatic carbocycles. The Morgan fingerprint density at radius 1 is 0.955 bits per heavy atom. The molecule has 44 heavy (non-hydrogen) atoms. The predicted octanol–water partition coefficient (Wildman–Crippen LogP) is 4.90. The van der Waals surface area contributed by atoms with Gasteiger partial charge in [0.25, 0.3) is 5.91 Å². The van der Waals surface area contributed by atoms with Crippen molar-refractivity contribution in [3.05, 3.63) is 106 Å². The van der Waals surface area contributed by atoms with Crippen LogP contribution >= 0.6 is 23.1 Å². The second-order valence-corrected chi connectivity index (χ2v) is 13.2. The van der Waals surface area contributed by atoms with Gasteiger partial charge in [0.2, 0.25) is 5.91 Å². The molecular weight excluding hydrogens is 603 g/mol. The quantitative estimate of drug-likeness (QED) is 0.251. The van der Waals surface area contributed by atoms with Gasteiger partial charge in [-0.1, -0.05) is 66.7 Å². The number of benzene rings is 2. The first-order chi connectivity index (χ1) is 21.1. The fraction of sp³-hybridized carbons (Fsp3) is 0.312. The number of hydrogen-bond acceptors (Lipinski definition) is 9. The average Bonchev–Trinajstić information content (AvgIpc) is 3.55. The molecule has 10 nitrogen and oxygen atoms in total. The van der Waals surface area contributed by atoms with Crippen LogP contribution in [0.15, 0.2) is 89.6 Å². The molecule has 2 aromatic carbocycles. The second-order valence-electron chi connectivity index (χ2n) is 11.1. The number of thioether (sulfide) groups is 1. The SMILES string of the molecule is COC1=C(C(=O)OC(c2ccccc2)c2ccccc2)N2C(=O)[C@@H](NC(=O)C(NC(=O)OC(C)(C)C)c3cccs3)[C@H]2SC1. The van der Waals surface area contributed by atoms with Gasteiger partial charge in [-0.2, -0.15) is 0 Å². The number of ether oxygens (including phenoxy) is 3. The highest BCUT2D eigenvalue weighted by Gasteiger charge is 2.55. The standard InChI is InChI=1S/C32H33N3O7S2/c1-32(2,3)42-31(39)34-23(22-16-11-17-43-22)27(36)33-24-28(37)35-25(21(40-4)18-44-29(24)35)30(38)41-26(19-12-7-5-8-13-19)20-14-9-6-10-15-20/h5-17,23-24,26,29H,18H2,1-4H3,(H,33,36)(H,34,39)/t23?,24-,29-/m1/s1. The topological polar surface area (TPSA) is 123 Å². The monoisotopic (exact) mass is 635 g/mol. The number of carbonyl (C=O) groups excluding carboxylic acids is 4. The summed E-state index contributed by atoms with van der Waals surface area (Å²) in [6.45, 7) is 5.17. The van der Waals surface area contributed by atoms with E-state index in [0.717, 1.165) is 11.1 Å². The molecule has 1 unspecified atom stereocenters. The van der Waals surface area contributed by atoms with Crippen molar-refractivity contribution in [3.63, 3.8) is 0 Å². The average molecular weight is 636 g/mol. The summed E-state index contributed by atoms with van der Waals surface area (Å²) in [6, 6.07) is 20.1. The van der Waals surface area contributed by atoms with Crippen LogP contribution in [0.3, 0.4) is 0 Å². The van der Waals surface area contributed by atoms with E-state index in [1.807, 2.05) is 60.7 Å². The lowest BCUT2D eigenvalue weighted by Crippen LogP contribution is -2.71. The van der Waals surface area contributed by atoms with Gasteiger partial charge in [0, 0.05) is 4.88 Å². The summed E-state index contributed by atoms with van der Waals surface area (Å²) < 4.78 is 16.9. The molecule has 3 atom stereocenters. The number of carbonyl (C=O) groups is 4.